The molecule has 0 spiro atoms. The minimum absolute atomic E-state index is 0.0654. The molecule has 0 aliphatic carbocycles. The maximum atomic E-state index is 13.3. The van der Waals surface area contributed by atoms with E-state index in [2.05, 4.69) is 4.98 Å². The molecule has 0 saturated heterocycles. The summed E-state index contributed by atoms with van der Waals surface area (Å²) in [7, 11) is 1.54. The molecular formula is C19H13FN2O2. The Morgan fingerprint density at radius 3 is 2.83 bits per heavy atom. The van der Waals surface area contributed by atoms with E-state index >= 15 is 0 Å². The van der Waals surface area contributed by atoms with Crippen LogP contribution in [0.15, 0.2) is 54.2 Å². The van der Waals surface area contributed by atoms with Gasteiger partial charge in [-0.3, -0.25) is 4.79 Å². The van der Waals surface area contributed by atoms with Crippen LogP contribution in [0, 0.1) is 17.1 Å². The van der Waals surface area contributed by atoms with Crippen LogP contribution in [0.3, 0.4) is 0 Å². The van der Waals surface area contributed by atoms with Crippen molar-refractivity contribution in [1.29, 1.82) is 5.26 Å². The smallest absolute Gasteiger partial charge is 0.205 e. The zero-order valence-corrected chi connectivity index (χ0v) is 12.8. The van der Waals surface area contributed by atoms with Gasteiger partial charge in [0.1, 0.15) is 23.2 Å². The second kappa shape index (κ2) is 6.39. The minimum Gasteiger partial charge on any atom is -0.497 e. The van der Waals surface area contributed by atoms with E-state index in [1.54, 1.807) is 37.6 Å². The molecule has 118 valence electrons. The van der Waals surface area contributed by atoms with Gasteiger partial charge in [0.25, 0.3) is 0 Å². The number of carbonyl (C=O) groups is 1. The van der Waals surface area contributed by atoms with Crippen LogP contribution in [-0.2, 0) is 0 Å². The number of nitrogens with zero attached hydrogens (tertiary/aromatic N) is 1. The number of benzene rings is 2. The maximum Gasteiger partial charge on any atom is 0.205 e. The second-order valence-electron chi connectivity index (χ2n) is 5.17. The zero-order chi connectivity index (χ0) is 17.1. The lowest BCUT2D eigenvalue weighted by molar-refractivity contribution is 0.104. The summed E-state index contributed by atoms with van der Waals surface area (Å²) >= 11 is 0. The average molecular weight is 320 g/mol. The molecule has 0 fully saturated rings. The Balaban J connectivity index is 2.05. The zero-order valence-electron chi connectivity index (χ0n) is 12.8. The molecule has 0 saturated carbocycles. The molecule has 0 aliphatic heterocycles. The number of nitrogens with one attached hydrogen (secondary N) is 1. The lowest BCUT2D eigenvalue weighted by Gasteiger charge is -2.02. The van der Waals surface area contributed by atoms with Gasteiger partial charge in [0.15, 0.2) is 0 Å². The number of rotatable bonds is 4. The predicted octanol–water partition coefficient (Wildman–Crippen LogP) is 4.11. The molecule has 0 amide bonds. The summed E-state index contributed by atoms with van der Waals surface area (Å²) in [5.74, 6) is -0.240. The molecule has 0 bridgehead atoms. The van der Waals surface area contributed by atoms with Crippen LogP contribution < -0.4 is 4.74 Å². The number of ketones is 1. The fourth-order valence-corrected chi connectivity index (χ4v) is 2.47. The highest BCUT2D eigenvalue weighted by molar-refractivity contribution is 6.20. The number of Topliss-reactive ketones (excluding diaryl/α,β-unsaturated/α-hetero) is 1. The summed E-state index contributed by atoms with van der Waals surface area (Å²) in [5.41, 5.74) is 1.52. The number of methoxy groups -OCH3 is 1. The lowest BCUT2D eigenvalue weighted by Crippen LogP contribution is -2.01. The molecular weight excluding hydrogens is 307 g/mol. The van der Waals surface area contributed by atoms with Gasteiger partial charge in [0.05, 0.1) is 7.11 Å². The first-order valence-electron chi connectivity index (χ1n) is 7.19. The third-order valence-corrected chi connectivity index (χ3v) is 3.66. The van der Waals surface area contributed by atoms with Gasteiger partial charge in [-0.05, 0) is 42.0 Å². The highest BCUT2D eigenvalue weighted by atomic mass is 19.1. The van der Waals surface area contributed by atoms with Crippen molar-refractivity contribution in [3.05, 3.63) is 71.2 Å². The standard InChI is InChI=1S/C19H13FN2O2/c1-24-15-5-6-18-16(9-15)17(11-22-18)19(23)13(10-21)7-12-3-2-4-14(20)8-12/h2-9,11,22H,1H3/b13-7-. The van der Waals surface area contributed by atoms with E-state index < -0.39 is 11.6 Å². The summed E-state index contributed by atoms with van der Waals surface area (Å²) in [6.07, 6.45) is 2.94. The number of hydrogen-bond acceptors (Lipinski definition) is 3. The molecule has 0 unspecified atom stereocenters. The molecule has 24 heavy (non-hydrogen) atoms. The third kappa shape index (κ3) is 2.90. The van der Waals surface area contributed by atoms with E-state index in [1.165, 1.54) is 24.3 Å². The number of fused-ring (bicyclic) bond motifs is 1. The van der Waals surface area contributed by atoms with Gasteiger partial charge in [0, 0.05) is 22.7 Å². The van der Waals surface area contributed by atoms with Crippen molar-refractivity contribution in [3.63, 3.8) is 0 Å². The van der Waals surface area contributed by atoms with Gasteiger partial charge >= 0.3 is 0 Å². The highest BCUT2D eigenvalue weighted by Crippen LogP contribution is 2.26. The second-order valence-corrected chi connectivity index (χ2v) is 5.17. The topological polar surface area (TPSA) is 65.9 Å². The average Bonchev–Trinajstić information content (AvgIpc) is 3.02. The summed E-state index contributed by atoms with van der Waals surface area (Å²) in [5, 5.41) is 10.00. The fraction of sp³-hybridized carbons (Fsp3) is 0.0526. The van der Waals surface area contributed by atoms with Crippen molar-refractivity contribution in [2.24, 2.45) is 0 Å². The molecule has 1 aromatic heterocycles. The summed E-state index contributed by atoms with van der Waals surface area (Å²) in [4.78, 5) is 15.7. The van der Waals surface area contributed by atoms with Crippen LogP contribution in [0.5, 0.6) is 5.75 Å². The largest absolute Gasteiger partial charge is 0.497 e. The molecule has 1 N–H and O–H groups in total. The number of nitriles is 1. The van der Waals surface area contributed by atoms with Gasteiger partial charge in [-0.25, -0.2) is 4.39 Å². The SMILES string of the molecule is COc1ccc2[nH]cc(C(=O)/C(C#N)=C\c3cccc(F)c3)c2c1. The van der Waals surface area contributed by atoms with E-state index in [9.17, 15) is 14.4 Å². The van der Waals surface area contributed by atoms with Crippen molar-refractivity contribution < 1.29 is 13.9 Å². The molecule has 2 aromatic carbocycles. The molecule has 0 radical (unpaired) electrons. The number of aromatic nitrogens is 1. The molecule has 1 heterocycles. The van der Waals surface area contributed by atoms with E-state index in [0.717, 1.165) is 5.52 Å². The number of ether oxygens (including phenoxy) is 1. The van der Waals surface area contributed by atoms with Crippen molar-refractivity contribution in [1.82, 2.24) is 4.98 Å². The number of allylic oxidation sites excluding steroid dienone is 1. The van der Waals surface area contributed by atoms with Gasteiger partial charge in [-0.15, -0.1) is 0 Å². The number of aromatic amines is 1. The van der Waals surface area contributed by atoms with Crippen molar-refractivity contribution >= 4 is 22.8 Å². The van der Waals surface area contributed by atoms with Crippen LogP contribution in [0.1, 0.15) is 15.9 Å². The van der Waals surface area contributed by atoms with Crippen LogP contribution in [-0.4, -0.2) is 17.9 Å². The normalized spacial score (nSPS) is 11.3. The number of halogens is 1. The van der Waals surface area contributed by atoms with Crippen LogP contribution >= 0.6 is 0 Å². The van der Waals surface area contributed by atoms with Crippen molar-refractivity contribution in [2.75, 3.05) is 7.11 Å². The Morgan fingerprint density at radius 1 is 1.29 bits per heavy atom. The number of carbonyl (C=O) groups excluding carboxylic acids is 1. The Bertz CT molecular complexity index is 996. The highest BCUT2D eigenvalue weighted by Gasteiger charge is 2.17. The summed E-state index contributed by atoms with van der Waals surface area (Å²) < 4.78 is 18.4. The monoisotopic (exact) mass is 320 g/mol. The van der Waals surface area contributed by atoms with Crippen LogP contribution in [0.2, 0.25) is 0 Å². The first kappa shape index (κ1) is 15.5. The molecule has 0 atom stereocenters. The molecule has 3 aromatic rings. The van der Waals surface area contributed by atoms with Crippen LogP contribution in [0.4, 0.5) is 4.39 Å². The van der Waals surface area contributed by atoms with E-state index in [-0.39, 0.29) is 5.57 Å². The van der Waals surface area contributed by atoms with E-state index in [4.69, 9.17) is 4.74 Å². The Morgan fingerprint density at radius 2 is 2.12 bits per heavy atom. The fourth-order valence-electron chi connectivity index (χ4n) is 2.47. The Labute approximate surface area is 137 Å². The first-order chi connectivity index (χ1) is 11.6. The Kier molecular flexibility index (Phi) is 4.13. The van der Waals surface area contributed by atoms with Crippen LogP contribution in [0.25, 0.3) is 17.0 Å². The molecule has 4 nitrogen and oxygen atoms in total. The third-order valence-electron chi connectivity index (χ3n) is 3.66. The van der Waals surface area contributed by atoms with Crippen molar-refractivity contribution in [2.45, 2.75) is 0 Å². The van der Waals surface area contributed by atoms with Gasteiger partial charge in [0.2, 0.25) is 5.78 Å². The van der Waals surface area contributed by atoms with E-state index in [0.29, 0.717) is 22.3 Å². The quantitative estimate of drug-likeness (QED) is 0.447. The summed E-state index contributed by atoms with van der Waals surface area (Å²) in [6, 6.07) is 12.9. The molecule has 0 aliphatic rings. The lowest BCUT2D eigenvalue weighted by atomic mass is 10.0. The predicted molar refractivity (Wildman–Crippen MR) is 89.2 cm³/mol. The number of H-pyrrole nitrogens is 1. The Hall–Kier alpha value is -3.39. The van der Waals surface area contributed by atoms with E-state index in [1.807, 2.05) is 6.07 Å². The first-order valence-corrected chi connectivity index (χ1v) is 7.19. The minimum atomic E-state index is -0.429. The number of hydrogen-bond donors (Lipinski definition) is 1. The maximum absolute atomic E-state index is 13.3. The molecule has 5 heteroatoms. The summed E-state index contributed by atoms with van der Waals surface area (Å²) in [6.45, 7) is 0. The van der Waals surface area contributed by atoms with Gasteiger partial charge in [-0.2, -0.15) is 5.26 Å². The molecule has 3 rings (SSSR count). The van der Waals surface area contributed by atoms with Gasteiger partial charge < -0.3 is 9.72 Å². The van der Waals surface area contributed by atoms with Crippen molar-refractivity contribution in [3.8, 4) is 11.8 Å². The van der Waals surface area contributed by atoms with Gasteiger partial charge in [-0.1, -0.05) is 12.1 Å².